The Kier molecular flexibility index (Phi) is 5.74. The molecule has 0 bridgehead atoms. The molecule has 136 valence electrons. The SMILES string of the molecule is COC(=O)N1C(CO[C@H]2CC[C@@H](c3ccccc3)CC2)C(=O)C[C@H]1C. The van der Waals surface area contributed by atoms with E-state index in [0.717, 1.165) is 25.7 Å². The largest absolute Gasteiger partial charge is 0.453 e. The van der Waals surface area contributed by atoms with Crippen LogP contribution in [0.25, 0.3) is 0 Å². The fourth-order valence-electron chi connectivity index (χ4n) is 4.09. The van der Waals surface area contributed by atoms with Gasteiger partial charge in [-0.05, 0) is 44.1 Å². The van der Waals surface area contributed by atoms with Crippen molar-refractivity contribution >= 4 is 11.9 Å². The Morgan fingerprint density at radius 3 is 2.48 bits per heavy atom. The van der Waals surface area contributed by atoms with Gasteiger partial charge >= 0.3 is 6.09 Å². The summed E-state index contributed by atoms with van der Waals surface area (Å²) in [4.78, 5) is 25.6. The Bertz CT molecular complexity index is 595. The molecule has 1 heterocycles. The van der Waals surface area contributed by atoms with Gasteiger partial charge in [0.25, 0.3) is 0 Å². The molecular formula is C20H27NO4. The molecule has 5 heteroatoms. The summed E-state index contributed by atoms with van der Waals surface area (Å²) in [5, 5.41) is 0. The molecule has 1 saturated carbocycles. The molecule has 2 aliphatic rings. The van der Waals surface area contributed by atoms with E-state index in [-0.39, 0.29) is 24.5 Å². The number of hydrogen-bond donors (Lipinski definition) is 0. The minimum Gasteiger partial charge on any atom is -0.453 e. The third kappa shape index (κ3) is 4.03. The van der Waals surface area contributed by atoms with Gasteiger partial charge in [-0.25, -0.2) is 4.79 Å². The normalized spacial score (nSPS) is 29.7. The quantitative estimate of drug-likeness (QED) is 0.838. The molecule has 5 nitrogen and oxygen atoms in total. The summed E-state index contributed by atoms with van der Waals surface area (Å²) in [6.07, 6.45) is 4.30. The topological polar surface area (TPSA) is 55.8 Å². The number of benzene rings is 1. The number of carbonyl (C=O) groups excluding carboxylic acids is 2. The molecule has 1 aromatic rings. The first-order valence-corrected chi connectivity index (χ1v) is 9.15. The Morgan fingerprint density at radius 1 is 1.16 bits per heavy atom. The summed E-state index contributed by atoms with van der Waals surface area (Å²) in [6, 6.07) is 9.98. The van der Waals surface area contributed by atoms with Gasteiger partial charge in [0.05, 0.1) is 19.8 Å². The number of ether oxygens (including phenoxy) is 2. The molecule has 1 unspecified atom stereocenters. The van der Waals surface area contributed by atoms with E-state index in [2.05, 4.69) is 24.3 Å². The van der Waals surface area contributed by atoms with Gasteiger partial charge < -0.3 is 9.47 Å². The highest BCUT2D eigenvalue weighted by molar-refractivity contribution is 5.91. The number of hydrogen-bond acceptors (Lipinski definition) is 4. The first kappa shape index (κ1) is 17.9. The van der Waals surface area contributed by atoms with Crippen LogP contribution in [0.3, 0.4) is 0 Å². The van der Waals surface area contributed by atoms with E-state index in [1.165, 1.54) is 17.6 Å². The molecule has 1 saturated heterocycles. The Labute approximate surface area is 149 Å². The molecule has 0 N–H and O–H groups in total. The molecule has 1 aliphatic carbocycles. The number of likely N-dealkylation sites (tertiary alicyclic amines) is 1. The number of amides is 1. The fraction of sp³-hybridized carbons (Fsp3) is 0.600. The van der Waals surface area contributed by atoms with E-state index in [1.54, 1.807) is 0 Å². The number of methoxy groups -OCH3 is 1. The summed E-state index contributed by atoms with van der Waals surface area (Å²) < 4.78 is 10.8. The molecule has 0 aromatic heterocycles. The van der Waals surface area contributed by atoms with Gasteiger partial charge in [-0.2, -0.15) is 0 Å². The number of nitrogens with zero attached hydrogens (tertiary/aromatic N) is 1. The average molecular weight is 345 g/mol. The van der Waals surface area contributed by atoms with Crippen LogP contribution in [0.5, 0.6) is 0 Å². The Hall–Kier alpha value is -1.88. The maximum absolute atomic E-state index is 12.2. The van der Waals surface area contributed by atoms with Gasteiger partial charge in [-0.15, -0.1) is 0 Å². The molecule has 1 amide bonds. The summed E-state index contributed by atoms with van der Waals surface area (Å²) in [6.45, 7) is 2.15. The Balaban J connectivity index is 1.51. The predicted octanol–water partition coefficient (Wildman–Crippen LogP) is 3.53. The average Bonchev–Trinajstić information content (AvgIpc) is 2.93. The van der Waals surface area contributed by atoms with E-state index in [9.17, 15) is 9.59 Å². The smallest absolute Gasteiger partial charge is 0.410 e. The van der Waals surface area contributed by atoms with Crippen molar-refractivity contribution < 1.29 is 19.1 Å². The van der Waals surface area contributed by atoms with Gasteiger partial charge in [0, 0.05) is 12.5 Å². The van der Waals surface area contributed by atoms with Gasteiger partial charge in [0.2, 0.25) is 0 Å². The van der Waals surface area contributed by atoms with E-state index >= 15 is 0 Å². The molecule has 25 heavy (non-hydrogen) atoms. The van der Waals surface area contributed by atoms with Crippen molar-refractivity contribution in [3.05, 3.63) is 35.9 Å². The zero-order chi connectivity index (χ0) is 17.8. The summed E-state index contributed by atoms with van der Waals surface area (Å²) in [5.74, 6) is 0.664. The Morgan fingerprint density at radius 2 is 1.84 bits per heavy atom. The van der Waals surface area contributed by atoms with Gasteiger partial charge in [0.1, 0.15) is 6.04 Å². The maximum Gasteiger partial charge on any atom is 0.410 e. The van der Waals surface area contributed by atoms with Crippen LogP contribution in [-0.4, -0.2) is 48.7 Å². The molecule has 2 fully saturated rings. The summed E-state index contributed by atoms with van der Waals surface area (Å²) >= 11 is 0. The molecule has 1 aromatic carbocycles. The minimum atomic E-state index is -0.505. The van der Waals surface area contributed by atoms with Gasteiger partial charge in [-0.3, -0.25) is 9.69 Å². The summed E-state index contributed by atoms with van der Waals surface area (Å²) in [5.41, 5.74) is 1.40. The van der Waals surface area contributed by atoms with Crippen molar-refractivity contribution in [2.45, 2.75) is 63.1 Å². The van der Waals surface area contributed by atoms with Crippen molar-refractivity contribution in [2.24, 2.45) is 0 Å². The third-order valence-electron chi connectivity index (χ3n) is 5.50. The highest BCUT2D eigenvalue weighted by Gasteiger charge is 2.42. The van der Waals surface area contributed by atoms with E-state index in [4.69, 9.17) is 9.47 Å². The minimum absolute atomic E-state index is 0.0656. The molecule has 3 rings (SSSR count). The first-order valence-electron chi connectivity index (χ1n) is 9.15. The highest BCUT2D eigenvalue weighted by Crippen LogP contribution is 2.34. The van der Waals surface area contributed by atoms with E-state index < -0.39 is 12.1 Å². The van der Waals surface area contributed by atoms with Crippen molar-refractivity contribution in [3.8, 4) is 0 Å². The first-order chi connectivity index (χ1) is 12.1. The van der Waals surface area contributed by atoms with Crippen LogP contribution in [-0.2, 0) is 14.3 Å². The number of carbonyl (C=O) groups is 2. The molecule has 0 radical (unpaired) electrons. The van der Waals surface area contributed by atoms with Crippen LogP contribution in [0.1, 0.15) is 50.5 Å². The maximum atomic E-state index is 12.2. The number of Topliss-reactive ketones (excluding diaryl/α,β-unsaturated/α-hetero) is 1. The van der Waals surface area contributed by atoms with Crippen molar-refractivity contribution in [3.63, 3.8) is 0 Å². The lowest BCUT2D eigenvalue weighted by Crippen LogP contribution is -2.44. The van der Waals surface area contributed by atoms with Crippen LogP contribution in [0, 0.1) is 0 Å². The zero-order valence-electron chi connectivity index (χ0n) is 15.0. The van der Waals surface area contributed by atoms with Crippen LogP contribution in [0.4, 0.5) is 4.79 Å². The van der Waals surface area contributed by atoms with Crippen LogP contribution < -0.4 is 0 Å². The monoisotopic (exact) mass is 345 g/mol. The predicted molar refractivity (Wildman–Crippen MR) is 94.5 cm³/mol. The van der Waals surface area contributed by atoms with Crippen LogP contribution in [0.15, 0.2) is 30.3 Å². The standard InChI is InChI=1S/C20H27NO4/c1-14-12-19(22)18(21(14)20(23)24-2)13-25-17-10-8-16(9-11-17)15-6-4-3-5-7-15/h3-7,14,16-18H,8-13H2,1-2H3/t14-,16-,17+,18?/m1/s1. The fourth-order valence-corrected chi connectivity index (χ4v) is 4.09. The van der Waals surface area contributed by atoms with Crippen molar-refractivity contribution in [2.75, 3.05) is 13.7 Å². The summed E-state index contributed by atoms with van der Waals surface area (Å²) in [7, 11) is 1.35. The van der Waals surface area contributed by atoms with Gasteiger partial charge in [0.15, 0.2) is 5.78 Å². The molecule has 0 spiro atoms. The van der Waals surface area contributed by atoms with Gasteiger partial charge in [-0.1, -0.05) is 30.3 Å². The van der Waals surface area contributed by atoms with Crippen LogP contribution >= 0.6 is 0 Å². The van der Waals surface area contributed by atoms with Crippen molar-refractivity contribution in [1.29, 1.82) is 0 Å². The lowest BCUT2D eigenvalue weighted by atomic mass is 9.83. The third-order valence-corrected chi connectivity index (χ3v) is 5.50. The molecular weight excluding hydrogens is 318 g/mol. The second-order valence-corrected chi connectivity index (χ2v) is 7.13. The number of ketones is 1. The molecule has 1 aliphatic heterocycles. The second kappa shape index (κ2) is 8.00. The van der Waals surface area contributed by atoms with Crippen molar-refractivity contribution in [1.82, 2.24) is 4.90 Å². The highest BCUT2D eigenvalue weighted by atomic mass is 16.5. The second-order valence-electron chi connectivity index (χ2n) is 7.13. The van der Waals surface area contributed by atoms with E-state index in [0.29, 0.717) is 12.3 Å². The molecule has 2 atom stereocenters. The lowest BCUT2D eigenvalue weighted by Gasteiger charge is -2.31. The zero-order valence-corrected chi connectivity index (χ0v) is 15.0. The van der Waals surface area contributed by atoms with Crippen LogP contribution in [0.2, 0.25) is 0 Å². The number of rotatable bonds is 4. The lowest BCUT2D eigenvalue weighted by molar-refractivity contribution is -0.122. The van der Waals surface area contributed by atoms with E-state index in [1.807, 2.05) is 13.0 Å².